The molecule has 0 atom stereocenters. The molecule has 1 heterocycles. The van der Waals surface area contributed by atoms with Crippen LogP contribution in [0.3, 0.4) is 0 Å². The van der Waals surface area contributed by atoms with Crippen LogP contribution in [-0.4, -0.2) is 11.9 Å². The van der Waals surface area contributed by atoms with Gasteiger partial charge in [-0.15, -0.1) is 0 Å². The van der Waals surface area contributed by atoms with Crippen LogP contribution in [0.4, 0.5) is 0 Å². The molecule has 0 spiro atoms. The quantitative estimate of drug-likeness (QED) is 0.621. The van der Waals surface area contributed by atoms with Crippen LogP contribution in [0.25, 0.3) is 0 Å². The highest BCUT2D eigenvalue weighted by Gasteiger charge is 2.08. The third-order valence-electron chi connectivity index (χ3n) is 1.03. The van der Waals surface area contributed by atoms with E-state index in [4.69, 9.17) is 4.42 Å². The van der Waals surface area contributed by atoms with Gasteiger partial charge in [-0.2, -0.15) is 5.48 Å². The summed E-state index contributed by atoms with van der Waals surface area (Å²) in [6.45, 7) is 1.18. The topological polar surface area (TPSA) is 68.5 Å². The van der Waals surface area contributed by atoms with Crippen molar-refractivity contribution in [1.82, 2.24) is 5.48 Å². The Morgan fingerprint density at radius 2 is 2.33 bits per heavy atom. The molecule has 5 nitrogen and oxygen atoms in total. The summed E-state index contributed by atoms with van der Waals surface area (Å²) < 4.78 is 4.72. The molecule has 1 N–H and O–H groups in total. The number of furan rings is 1. The Bertz CT molecular complexity index is 278. The van der Waals surface area contributed by atoms with Crippen LogP contribution in [0, 0.1) is 0 Å². The van der Waals surface area contributed by atoms with Gasteiger partial charge in [0.1, 0.15) is 0 Å². The summed E-state index contributed by atoms with van der Waals surface area (Å²) in [4.78, 5) is 25.4. The number of nitrogens with one attached hydrogen (secondary N) is 1. The predicted octanol–water partition coefficient (Wildman–Crippen LogP) is 0.488. The van der Waals surface area contributed by atoms with Crippen molar-refractivity contribution < 1.29 is 18.8 Å². The predicted molar refractivity (Wildman–Crippen MR) is 37.9 cm³/mol. The Labute approximate surface area is 68.3 Å². The largest absolute Gasteiger partial charge is 0.459 e. The number of hydrogen-bond acceptors (Lipinski definition) is 4. The normalized spacial score (nSPS) is 9.08. The number of amides is 1. The fourth-order valence-corrected chi connectivity index (χ4v) is 0.576. The summed E-state index contributed by atoms with van der Waals surface area (Å²) in [5.74, 6) is -1.08. The minimum Gasteiger partial charge on any atom is -0.459 e. The van der Waals surface area contributed by atoms with Crippen molar-refractivity contribution >= 4 is 11.9 Å². The zero-order valence-electron chi connectivity index (χ0n) is 6.37. The first-order chi connectivity index (χ1) is 5.70. The van der Waals surface area contributed by atoms with Gasteiger partial charge in [0.15, 0.2) is 5.76 Å². The second-order valence-electron chi connectivity index (χ2n) is 2.00. The molecule has 0 saturated heterocycles. The van der Waals surface area contributed by atoms with Crippen LogP contribution in [-0.2, 0) is 9.63 Å². The summed E-state index contributed by atoms with van der Waals surface area (Å²) in [6.07, 6.45) is 1.35. The van der Waals surface area contributed by atoms with Gasteiger partial charge in [-0.25, -0.2) is 0 Å². The molecule has 0 aliphatic carbocycles. The van der Waals surface area contributed by atoms with E-state index in [1.807, 2.05) is 5.48 Å². The van der Waals surface area contributed by atoms with Crippen LogP contribution in [0.2, 0.25) is 0 Å². The van der Waals surface area contributed by atoms with Crippen LogP contribution < -0.4 is 5.48 Å². The minimum atomic E-state index is -0.588. The van der Waals surface area contributed by atoms with E-state index in [-0.39, 0.29) is 5.76 Å². The molecule has 1 amide bonds. The lowest BCUT2D eigenvalue weighted by atomic mass is 10.4. The summed E-state index contributed by atoms with van der Waals surface area (Å²) >= 11 is 0. The van der Waals surface area contributed by atoms with Crippen molar-refractivity contribution in [2.45, 2.75) is 6.92 Å². The van der Waals surface area contributed by atoms with Gasteiger partial charge in [0.2, 0.25) is 0 Å². The van der Waals surface area contributed by atoms with E-state index in [0.717, 1.165) is 0 Å². The molecule has 0 radical (unpaired) electrons. The molecule has 5 heteroatoms. The van der Waals surface area contributed by atoms with Crippen molar-refractivity contribution in [3.63, 3.8) is 0 Å². The van der Waals surface area contributed by atoms with E-state index in [1.165, 1.54) is 19.3 Å². The molecule has 0 aliphatic rings. The summed E-state index contributed by atoms with van der Waals surface area (Å²) in [5, 5.41) is 0. The van der Waals surface area contributed by atoms with Gasteiger partial charge in [-0.05, 0) is 12.1 Å². The minimum absolute atomic E-state index is 0.0938. The molecule has 1 rings (SSSR count). The molecular formula is C7H7NO4. The molecule has 1 aromatic rings. The van der Waals surface area contributed by atoms with Gasteiger partial charge in [-0.3, -0.25) is 9.59 Å². The number of hydrogen-bond donors (Lipinski definition) is 1. The molecule has 1 aromatic heterocycles. The van der Waals surface area contributed by atoms with Crippen molar-refractivity contribution in [3.8, 4) is 0 Å². The van der Waals surface area contributed by atoms with E-state index in [2.05, 4.69) is 4.84 Å². The summed E-state index contributed by atoms with van der Waals surface area (Å²) in [6, 6.07) is 3.02. The molecule has 0 fully saturated rings. The maximum atomic E-state index is 10.9. The molecule has 0 saturated carbocycles. The van der Waals surface area contributed by atoms with Crippen molar-refractivity contribution in [1.29, 1.82) is 0 Å². The van der Waals surface area contributed by atoms with Gasteiger partial charge in [0.05, 0.1) is 6.26 Å². The van der Waals surface area contributed by atoms with Crippen LogP contribution in [0.5, 0.6) is 0 Å². The lowest BCUT2D eigenvalue weighted by Crippen LogP contribution is -2.25. The monoisotopic (exact) mass is 169 g/mol. The number of carbonyl (C=O) groups is 2. The first-order valence-electron chi connectivity index (χ1n) is 3.21. The van der Waals surface area contributed by atoms with Gasteiger partial charge in [0.25, 0.3) is 0 Å². The fraction of sp³-hybridized carbons (Fsp3) is 0.143. The number of hydroxylamine groups is 1. The van der Waals surface area contributed by atoms with Crippen molar-refractivity contribution in [2.75, 3.05) is 0 Å². The molecule has 0 aliphatic heterocycles. The van der Waals surface area contributed by atoms with Crippen LogP contribution in [0.1, 0.15) is 17.5 Å². The molecule has 0 aromatic carbocycles. The molecular weight excluding hydrogens is 162 g/mol. The lowest BCUT2D eigenvalue weighted by Gasteiger charge is -1.99. The van der Waals surface area contributed by atoms with Gasteiger partial charge >= 0.3 is 11.9 Å². The second-order valence-corrected chi connectivity index (χ2v) is 2.00. The van der Waals surface area contributed by atoms with Crippen molar-refractivity contribution in [2.24, 2.45) is 0 Å². The van der Waals surface area contributed by atoms with E-state index >= 15 is 0 Å². The average molecular weight is 169 g/mol. The smallest absolute Gasteiger partial charge is 0.329 e. The highest BCUT2D eigenvalue weighted by molar-refractivity contribution is 5.91. The van der Waals surface area contributed by atoms with E-state index in [1.54, 1.807) is 6.07 Å². The van der Waals surface area contributed by atoms with Gasteiger partial charge < -0.3 is 9.25 Å². The average Bonchev–Trinajstić information content (AvgIpc) is 2.51. The Morgan fingerprint density at radius 3 is 2.83 bits per heavy atom. The Morgan fingerprint density at radius 1 is 1.58 bits per heavy atom. The van der Waals surface area contributed by atoms with Crippen LogP contribution >= 0.6 is 0 Å². The first-order valence-corrected chi connectivity index (χ1v) is 3.21. The maximum absolute atomic E-state index is 10.9. The van der Waals surface area contributed by atoms with E-state index < -0.39 is 11.9 Å². The lowest BCUT2D eigenvalue weighted by molar-refractivity contribution is -0.146. The Kier molecular flexibility index (Phi) is 2.47. The highest BCUT2D eigenvalue weighted by Crippen LogP contribution is 1.98. The molecule has 12 heavy (non-hydrogen) atoms. The number of carbonyl (C=O) groups excluding carboxylic acids is 2. The Hall–Kier alpha value is -1.78. The molecule has 0 bridgehead atoms. The third kappa shape index (κ3) is 2.12. The van der Waals surface area contributed by atoms with Gasteiger partial charge in [0, 0.05) is 6.92 Å². The standard InChI is InChI=1S/C7H7NO4/c1-5(9)12-8-7(10)6-3-2-4-11-6/h2-4H,1H3,(H,8,10). The zero-order chi connectivity index (χ0) is 8.97. The summed E-state index contributed by atoms with van der Waals surface area (Å²) in [7, 11) is 0. The van der Waals surface area contributed by atoms with E-state index in [0.29, 0.717) is 0 Å². The van der Waals surface area contributed by atoms with Gasteiger partial charge in [-0.1, -0.05) is 0 Å². The zero-order valence-corrected chi connectivity index (χ0v) is 6.37. The van der Waals surface area contributed by atoms with Crippen LogP contribution in [0.15, 0.2) is 22.8 Å². The Balaban J connectivity index is 2.45. The number of rotatable bonds is 1. The second kappa shape index (κ2) is 3.56. The highest BCUT2D eigenvalue weighted by atomic mass is 16.7. The van der Waals surface area contributed by atoms with Crippen molar-refractivity contribution in [3.05, 3.63) is 24.2 Å². The maximum Gasteiger partial charge on any atom is 0.329 e. The SMILES string of the molecule is CC(=O)ONC(=O)c1ccco1. The molecule has 0 unspecified atom stereocenters. The molecule has 64 valence electrons. The fourth-order valence-electron chi connectivity index (χ4n) is 0.576. The third-order valence-corrected chi connectivity index (χ3v) is 1.03. The summed E-state index contributed by atoms with van der Waals surface area (Å²) in [5.41, 5.74) is 1.90. The first kappa shape index (κ1) is 8.32. The van der Waals surface area contributed by atoms with E-state index in [9.17, 15) is 9.59 Å².